The van der Waals surface area contributed by atoms with E-state index in [9.17, 15) is 24.6 Å². The maximum atomic E-state index is 13.1. The number of alkyl carbamates (subject to hydrolysis) is 1. The Labute approximate surface area is 197 Å². The van der Waals surface area contributed by atoms with Crippen LogP contribution in [0.5, 0.6) is 0 Å². The second kappa shape index (κ2) is 9.82. The number of rotatable bonds is 7. The fourth-order valence-electron chi connectivity index (χ4n) is 4.63. The zero-order valence-electron chi connectivity index (χ0n) is 18.8. The van der Waals surface area contributed by atoms with Crippen molar-refractivity contribution >= 4 is 18.0 Å². The number of carbonyl (C=O) groups is 3. The van der Waals surface area contributed by atoms with Crippen LogP contribution in [-0.2, 0) is 19.1 Å². The van der Waals surface area contributed by atoms with Crippen LogP contribution in [0.3, 0.4) is 0 Å². The lowest BCUT2D eigenvalue weighted by Crippen LogP contribution is -2.64. The van der Waals surface area contributed by atoms with Gasteiger partial charge in [-0.05, 0) is 29.2 Å². The fraction of sp³-hybridized carbons (Fsp3) is 0.400. The van der Waals surface area contributed by atoms with Crippen molar-refractivity contribution in [1.29, 1.82) is 0 Å². The molecule has 1 fully saturated rings. The molecule has 9 nitrogen and oxygen atoms in total. The van der Waals surface area contributed by atoms with Gasteiger partial charge >= 0.3 is 12.1 Å². The van der Waals surface area contributed by atoms with Gasteiger partial charge in [-0.25, -0.2) is 9.59 Å². The van der Waals surface area contributed by atoms with Crippen molar-refractivity contribution in [2.75, 3.05) is 19.8 Å². The number of carbonyl (C=O) groups excluding carboxylic acids is 2. The van der Waals surface area contributed by atoms with Crippen LogP contribution in [0.15, 0.2) is 48.5 Å². The Kier molecular flexibility index (Phi) is 6.85. The van der Waals surface area contributed by atoms with E-state index in [2.05, 4.69) is 10.6 Å². The lowest BCUT2D eigenvalue weighted by molar-refractivity contribution is -0.146. The topological polar surface area (TPSA) is 134 Å². The van der Waals surface area contributed by atoms with Gasteiger partial charge in [-0.3, -0.25) is 4.79 Å². The number of carboxylic acids is 1. The molecule has 2 unspecified atom stereocenters. The number of aliphatic hydroxyl groups excluding tert-OH is 1. The summed E-state index contributed by atoms with van der Waals surface area (Å²) in [5.41, 5.74) is 2.94. The first kappa shape index (κ1) is 23.7. The van der Waals surface area contributed by atoms with Crippen molar-refractivity contribution < 1.29 is 34.1 Å². The first-order chi connectivity index (χ1) is 16.3. The van der Waals surface area contributed by atoms with E-state index in [1.54, 1.807) is 0 Å². The van der Waals surface area contributed by atoms with Gasteiger partial charge in [0.2, 0.25) is 5.91 Å². The van der Waals surface area contributed by atoms with Gasteiger partial charge in [-0.1, -0.05) is 48.5 Å². The van der Waals surface area contributed by atoms with Gasteiger partial charge in [0.05, 0.1) is 6.10 Å². The number of fused-ring (bicyclic) bond motifs is 3. The summed E-state index contributed by atoms with van der Waals surface area (Å²) in [4.78, 5) is 37.3. The highest BCUT2D eigenvalue weighted by Crippen LogP contribution is 2.44. The Morgan fingerprint density at radius 2 is 1.62 bits per heavy atom. The average Bonchev–Trinajstić information content (AvgIpc) is 3.15. The number of nitrogens with one attached hydrogen (secondary N) is 2. The van der Waals surface area contributed by atoms with Gasteiger partial charge in [-0.15, -0.1) is 0 Å². The van der Waals surface area contributed by atoms with E-state index < -0.39 is 35.7 Å². The number of hydrogen-bond donors (Lipinski definition) is 4. The summed E-state index contributed by atoms with van der Waals surface area (Å²) >= 11 is 0. The van der Waals surface area contributed by atoms with Crippen LogP contribution >= 0.6 is 0 Å². The van der Waals surface area contributed by atoms with Gasteiger partial charge < -0.3 is 30.3 Å². The second-order valence-corrected chi connectivity index (χ2v) is 8.68. The quantitative estimate of drug-likeness (QED) is 0.488. The molecule has 9 heteroatoms. The number of carboxylic acid groups (broad SMARTS) is 1. The summed E-state index contributed by atoms with van der Waals surface area (Å²) in [6.07, 6.45) is -1.79. The molecule has 0 aromatic heterocycles. The molecule has 2 atom stereocenters. The number of aliphatic carboxylic acids is 1. The number of hydrogen-bond acceptors (Lipinski definition) is 6. The molecule has 1 aliphatic carbocycles. The van der Waals surface area contributed by atoms with E-state index in [-0.39, 0.29) is 38.6 Å². The Bertz CT molecular complexity index is 1030. The summed E-state index contributed by atoms with van der Waals surface area (Å²) in [5.74, 6) is -2.20. The van der Waals surface area contributed by atoms with E-state index in [0.29, 0.717) is 0 Å². The molecule has 2 aliphatic rings. The van der Waals surface area contributed by atoms with E-state index >= 15 is 0 Å². The Hall–Kier alpha value is -3.43. The molecule has 1 heterocycles. The average molecular weight is 469 g/mol. The molecule has 0 spiro atoms. The van der Waals surface area contributed by atoms with E-state index in [1.807, 2.05) is 48.5 Å². The van der Waals surface area contributed by atoms with Gasteiger partial charge in [0, 0.05) is 32.0 Å². The summed E-state index contributed by atoms with van der Waals surface area (Å²) in [5, 5.41) is 24.0. The Morgan fingerprint density at radius 1 is 1.06 bits per heavy atom. The number of amides is 2. The third-order valence-corrected chi connectivity index (χ3v) is 6.50. The molecule has 2 aromatic rings. The molecule has 1 aliphatic heterocycles. The molecule has 0 saturated carbocycles. The molecular weight excluding hydrogens is 440 g/mol. The van der Waals surface area contributed by atoms with Crippen LogP contribution in [0.4, 0.5) is 4.79 Å². The van der Waals surface area contributed by atoms with Crippen LogP contribution in [0, 0.1) is 0 Å². The molecule has 2 aromatic carbocycles. The van der Waals surface area contributed by atoms with E-state index in [4.69, 9.17) is 9.47 Å². The monoisotopic (exact) mass is 468 g/mol. The third-order valence-electron chi connectivity index (χ3n) is 6.50. The van der Waals surface area contributed by atoms with Crippen LogP contribution in [0.25, 0.3) is 11.1 Å². The predicted octanol–water partition coefficient (Wildman–Crippen LogP) is 2.02. The largest absolute Gasteiger partial charge is 0.480 e. The molecular formula is C25H28N2O7. The minimum Gasteiger partial charge on any atom is -0.480 e. The molecule has 2 amide bonds. The summed E-state index contributed by atoms with van der Waals surface area (Å²) in [6.45, 7) is 1.78. The molecule has 180 valence electrons. The van der Waals surface area contributed by atoms with E-state index in [0.717, 1.165) is 22.3 Å². The first-order valence-electron chi connectivity index (χ1n) is 11.2. The van der Waals surface area contributed by atoms with Crippen LogP contribution in [0.2, 0.25) is 0 Å². The number of aliphatic hydroxyl groups is 1. The second-order valence-electron chi connectivity index (χ2n) is 8.68. The van der Waals surface area contributed by atoms with Gasteiger partial charge in [0.25, 0.3) is 0 Å². The Morgan fingerprint density at radius 3 is 2.15 bits per heavy atom. The number of ether oxygens (including phenoxy) is 2. The summed E-state index contributed by atoms with van der Waals surface area (Å²) in [7, 11) is 0. The van der Waals surface area contributed by atoms with Crippen molar-refractivity contribution in [3.63, 3.8) is 0 Å². The van der Waals surface area contributed by atoms with Crippen LogP contribution in [0.1, 0.15) is 36.8 Å². The molecule has 4 N–H and O–H groups in total. The fourth-order valence-corrected chi connectivity index (χ4v) is 4.63. The molecule has 4 rings (SSSR count). The van der Waals surface area contributed by atoms with Crippen molar-refractivity contribution in [3.8, 4) is 11.1 Å². The van der Waals surface area contributed by atoms with Crippen molar-refractivity contribution in [3.05, 3.63) is 59.7 Å². The Balaban J connectivity index is 1.47. The van der Waals surface area contributed by atoms with Crippen molar-refractivity contribution in [2.24, 2.45) is 0 Å². The molecule has 1 saturated heterocycles. The smallest absolute Gasteiger partial charge is 0.408 e. The minimum absolute atomic E-state index is 0.0828. The van der Waals surface area contributed by atoms with Crippen LogP contribution < -0.4 is 10.6 Å². The maximum Gasteiger partial charge on any atom is 0.408 e. The van der Waals surface area contributed by atoms with Crippen LogP contribution in [-0.4, -0.2) is 65.7 Å². The third kappa shape index (κ3) is 4.62. The van der Waals surface area contributed by atoms with Gasteiger partial charge in [-0.2, -0.15) is 0 Å². The number of benzene rings is 2. The highest BCUT2D eigenvalue weighted by molar-refractivity contribution is 5.93. The molecule has 34 heavy (non-hydrogen) atoms. The lowest BCUT2D eigenvalue weighted by atomic mass is 9.88. The highest BCUT2D eigenvalue weighted by Gasteiger charge is 2.44. The predicted molar refractivity (Wildman–Crippen MR) is 122 cm³/mol. The molecule has 0 bridgehead atoms. The highest BCUT2D eigenvalue weighted by atomic mass is 16.5. The summed E-state index contributed by atoms with van der Waals surface area (Å²) in [6, 6.07) is 14.4. The standard InChI is InChI=1S/C25H28N2O7/c1-15(28)21(22(29)30)26-23(31)25(10-12-33-13-11-25)27-24(32)34-14-20-18-8-4-2-6-16(18)17-7-3-5-9-19(17)20/h2-9,15,20-21,28H,10-14H2,1H3,(H,26,31)(H,27,32)(H,29,30). The molecule has 0 radical (unpaired) electrons. The zero-order chi connectivity index (χ0) is 24.3. The summed E-state index contributed by atoms with van der Waals surface area (Å²) < 4.78 is 10.9. The normalized spacial score (nSPS) is 18.2. The first-order valence-corrected chi connectivity index (χ1v) is 11.2. The van der Waals surface area contributed by atoms with E-state index in [1.165, 1.54) is 6.92 Å². The van der Waals surface area contributed by atoms with Crippen molar-refractivity contribution in [1.82, 2.24) is 10.6 Å². The SMILES string of the molecule is CC(O)C(NC(=O)C1(NC(=O)OCC2c3ccccc3-c3ccccc32)CCOCC1)C(=O)O. The van der Waals surface area contributed by atoms with Crippen molar-refractivity contribution in [2.45, 2.75) is 43.4 Å². The zero-order valence-corrected chi connectivity index (χ0v) is 18.8. The maximum absolute atomic E-state index is 13.1. The minimum atomic E-state index is -1.50. The van der Waals surface area contributed by atoms with Gasteiger partial charge in [0.1, 0.15) is 12.1 Å². The lowest BCUT2D eigenvalue weighted by Gasteiger charge is -2.37. The van der Waals surface area contributed by atoms with Gasteiger partial charge in [0.15, 0.2) is 6.04 Å².